The van der Waals surface area contributed by atoms with Crippen molar-refractivity contribution in [2.45, 2.75) is 25.3 Å². The van der Waals surface area contributed by atoms with Crippen LogP contribution in [0.1, 0.15) is 16.7 Å². The Labute approximate surface area is 149 Å². The fourth-order valence-electron chi connectivity index (χ4n) is 3.65. The highest BCUT2D eigenvalue weighted by Gasteiger charge is 2.20. The van der Waals surface area contributed by atoms with Crippen molar-refractivity contribution in [3.05, 3.63) is 89.5 Å². The second kappa shape index (κ2) is 7.12. The molecule has 2 heteroatoms. The maximum atomic E-state index is 9.04. The zero-order valence-corrected chi connectivity index (χ0v) is 14.3. The summed E-state index contributed by atoms with van der Waals surface area (Å²) in [6, 6.07) is 26.4. The molecular weight excluding hydrogens is 306 g/mol. The highest BCUT2D eigenvalue weighted by molar-refractivity contribution is 5.65. The molecule has 0 spiro atoms. The quantitative estimate of drug-likeness (QED) is 0.724. The SMILES string of the molecule is OCCc1ccc(-c2cccc(CC3Cc4ccccc4N3)c2)cc1. The third kappa shape index (κ3) is 3.59. The number of aliphatic hydroxyl groups is 1. The third-order valence-electron chi connectivity index (χ3n) is 4.94. The van der Waals surface area contributed by atoms with Crippen molar-refractivity contribution in [1.29, 1.82) is 0 Å². The van der Waals surface area contributed by atoms with Gasteiger partial charge in [0.05, 0.1) is 0 Å². The van der Waals surface area contributed by atoms with E-state index in [2.05, 4.69) is 78.1 Å². The molecule has 4 rings (SSSR count). The number of nitrogens with one attached hydrogen (secondary N) is 1. The molecule has 3 aromatic rings. The normalized spacial score (nSPS) is 15.6. The topological polar surface area (TPSA) is 32.3 Å². The van der Waals surface area contributed by atoms with E-state index in [-0.39, 0.29) is 6.61 Å². The zero-order chi connectivity index (χ0) is 17.1. The summed E-state index contributed by atoms with van der Waals surface area (Å²) >= 11 is 0. The van der Waals surface area contributed by atoms with Gasteiger partial charge in [0.1, 0.15) is 0 Å². The van der Waals surface area contributed by atoms with Gasteiger partial charge in [-0.1, -0.05) is 66.7 Å². The first-order valence-electron chi connectivity index (χ1n) is 8.95. The number of benzene rings is 3. The molecule has 2 nitrogen and oxygen atoms in total. The van der Waals surface area contributed by atoms with Crippen molar-refractivity contribution in [2.24, 2.45) is 0 Å². The van der Waals surface area contributed by atoms with Crippen molar-refractivity contribution < 1.29 is 5.11 Å². The van der Waals surface area contributed by atoms with Crippen LogP contribution >= 0.6 is 0 Å². The van der Waals surface area contributed by atoms with E-state index in [1.165, 1.54) is 33.5 Å². The molecule has 0 bridgehead atoms. The van der Waals surface area contributed by atoms with Crippen LogP contribution < -0.4 is 5.32 Å². The Bertz CT molecular complexity index is 829. The molecule has 0 aliphatic carbocycles. The molecule has 0 fully saturated rings. The largest absolute Gasteiger partial charge is 0.396 e. The Morgan fingerprint density at radius 1 is 0.840 bits per heavy atom. The first kappa shape index (κ1) is 15.9. The second-order valence-electron chi connectivity index (χ2n) is 6.78. The molecule has 1 atom stereocenters. The van der Waals surface area contributed by atoms with Gasteiger partial charge in [-0.05, 0) is 53.1 Å². The predicted octanol–water partition coefficient (Wildman–Crippen LogP) is 4.47. The van der Waals surface area contributed by atoms with Gasteiger partial charge in [-0.2, -0.15) is 0 Å². The van der Waals surface area contributed by atoms with Gasteiger partial charge in [-0.15, -0.1) is 0 Å². The van der Waals surface area contributed by atoms with Crippen LogP contribution in [0.2, 0.25) is 0 Å². The van der Waals surface area contributed by atoms with E-state index in [4.69, 9.17) is 5.11 Å². The molecule has 0 saturated carbocycles. The average molecular weight is 329 g/mol. The first-order chi connectivity index (χ1) is 12.3. The summed E-state index contributed by atoms with van der Waals surface area (Å²) in [5.74, 6) is 0. The lowest BCUT2D eigenvalue weighted by Gasteiger charge is -2.12. The molecule has 2 N–H and O–H groups in total. The van der Waals surface area contributed by atoms with Crippen molar-refractivity contribution in [3.63, 3.8) is 0 Å². The smallest absolute Gasteiger partial charge is 0.0471 e. The highest BCUT2D eigenvalue weighted by Crippen LogP contribution is 2.28. The molecule has 1 heterocycles. The first-order valence-corrected chi connectivity index (χ1v) is 8.95. The number of rotatable bonds is 5. The minimum atomic E-state index is 0.200. The van der Waals surface area contributed by atoms with Crippen molar-refractivity contribution >= 4 is 5.69 Å². The number of aliphatic hydroxyl groups excluding tert-OH is 1. The Morgan fingerprint density at radius 3 is 2.48 bits per heavy atom. The average Bonchev–Trinajstić information content (AvgIpc) is 3.05. The Hall–Kier alpha value is -2.58. The monoisotopic (exact) mass is 329 g/mol. The van der Waals surface area contributed by atoms with Crippen LogP contribution in [0.4, 0.5) is 5.69 Å². The maximum Gasteiger partial charge on any atom is 0.0471 e. The number of hydrogen-bond acceptors (Lipinski definition) is 2. The van der Waals surface area contributed by atoms with Crippen LogP contribution in [0.5, 0.6) is 0 Å². The summed E-state index contributed by atoms with van der Waals surface area (Å²) in [5, 5.41) is 12.7. The molecule has 1 aliphatic heterocycles. The summed E-state index contributed by atoms with van der Waals surface area (Å²) in [5.41, 5.74) is 7.72. The van der Waals surface area contributed by atoms with E-state index in [0.29, 0.717) is 12.5 Å². The highest BCUT2D eigenvalue weighted by atomic mass is 16.2. The van der Waals surface area contributed by atoms with E-state index >= 15 is 0 Å². The molecule has 0 aromatic heterocycles. The zero-order valence-electron chi connectivity index (χ0n) is 14.3. The summed E-state index contributed by atoms with van der Waals surface area (Å²) in [7, 11) is 0. The van der Waals surface area contributed by atoms with E-state index in [1.807, 2.05) is 0 Å². The lowest BCUT2D eigenvalue weighted by Crippen LogP contribution is -2.18. The van der Waals surface area contributed by atoms with Gasteiger partial charge < -0.3 is 10.4 Å². The van der Waals surface area contributed by atoms with Crippen molar-refractivity contribution in [3.8, 4) is 11.1 Å². The van der Waals surface area contributed by atoms with Gasteiger partial charge in [0.25, 0.3) is 0 Å². The Balaban J connectivity index is 1.48. The lowest BCUT2D eigenvalue weighted by atomic mass is 9.97. The molecule has 0 radical (unpaired) electrons. The van der Waals surface area contributed by atoms with Crippen LogP contribution in [-0.2, 0) is 19.3 Å². The van der Waals surface area contributed by atoms with E-state index < -0.39 is 0 Å². The summed E-state index contributed by atoms with van der Waals surface area (Å²) in [4.78, 5) is 0. The van der Waals surface area contributed by atoms with Gasteiger partial charge in [-0.25, -0.2) is 0 Å². The van der Waals surface area contributed by atoms with E-state index in [9.17, 15) is 0 Å². The lowest BCUT2D eigenvalue weighted by molar-refractivity contribution is 0.299. The van der Waals surface area contributed by atoms with Gasteiger partial charge in [0.15, 0.2) is 0 Å². The van der Waals surface area contributed by atoms with Gasteiger partial charge in [0, 0.05) is 18.3 Å². The fourth-order valence-corrected chi connectivity index (χ4v) is 3.65. The summed E-state index contributed by atoms with van der Waals surface area (Å²) in [6.07, 6.45) is 2.84. The number of anilines is 1. The minimum absolute atomic E-state index is 0.200. The minimum Gasteiger partial charge on any atom is -0.396 e. The summed E-state index contributed by atoms with van der Waals surface area (Å²) < 4.78 is 0. The Kier molecular flexibility index (Phi) is 4.53. The number of fused-ring (bicyclic) bond motifs is 1. The van der Waals surface area contributed by atoms with Gasteiger partial charge in [-0.3, -0.25) is 0 Å². The second-order valence-corrected chi connectivity index (χ2v) is 6.78. The predicted molar refractivity (Wildman–Crippen MR) is 104 cm³/mol. The number of para-hydroxylation sites is 1. The van der Waals surface area contributed by atoms with Gasteiger partial charge in [0.2, 0.25) is 0 Å². The Morgan fingerprint density at radius 2 is 1.68 bits per heavy atom. The third-order valence-corrected chi connectivity index (χ3v) is 4.94. The fraction of sp³-hybridized carbons (Fsp3) is 0.217. The molecule has 0 saturated heterocycles. The molecule has 3 aromatic carbocycles. The van der Waals surface area contributed by atoms with Crippen LogP contribution in [0.15, 0.2) is 72.8 Å². The van der Waals surface area contributed by atoms with Crippen LogP contribution in [-0.4, -0.2) is 17.8 Å². The number of hydrogen-bond donors (Lipinski definition) is 2. The summed E-state index contributed by atoms with van der Waals surface area (Å²) in [6.45, 7) is 0.200. The standard InChI is InChI=1S/C23H23NO/c25-13-12-17-8-10-19(11-9-17)20-6-3-4-18(14-20)15-22-16-21-5-1-2-7-23(21)24-22/h1-11,14,22,24-25H,12-13,15-16H2. The van der Waals surface area contributed by atoms with Crippen molar-refractivity contribution in [1.82, 2.24) is 0 Å². The van der Waals surface area contributed by atoms with E-state index in [0.717, 1.165) is 12.8 Å². The maximum absolute atomic E-state index is 9.04. The molecule has 0 amide bonds. The molecule has 1 unspecified atom stereocenters. The van der Waals surface area contributed by atoms with E-state index in [1.54, 1.807) is 0 Å². The van der Waals surface area contributed by atoms with Crippen LogP contribution in [0, 0.1) is 0 Å². The molecule has 126 valence electrons. The van der Waals surface area contributed by atoms with Gasteiger partial charge >= 0.3 is 0 Å². The van der Waals surface area contributed by atoms with Crippen molar-refractivity contribution in [2.75, 3.05) is 11.9 Å². The molecule has 25 heavy (non-hydrogen) atoms. The molecule has 1 aliphatic rings. The molecular formula is C23H23NO. The van der Waals surface area contributed by atoms with Crippen LogP contribution in [0.3, 0.4) is 0 Å². The van der Waals surface area contributed by atoms with Crippen LogP contribution in [0.25, 0.3) is 11.1 Å².